The molecule has 1 atom stereocenters. The van der Waals surface area contributed by atoms with E-state index in [1.165, 1.54) is 6.42 Å². The Kier molecular flexibility index (Phi) is 6.86. The summed E-state index contributed by atoms with van der Waals surface area (Å²) in [6.45, 7) is 3.21. The molecule has 1 unspecified atom stereocenters. The van der Waals surface area contributed by atoms with E-state index in [-0.39, 0.29) is 11.8 Å². The van der Waals surface area contributed by atoms with Gasteiger partial charge in [0.15, 0.2) is 0 Å². The van der Waals surface area contributed by atoms with Crippen molar-refractivity contribution in [2.75, 3.05) is 26.2 Å². The van der Waals surface area contributed by atoms with Gasteiger partial charge in [0.1, 0.15) is 0 Å². The molecule has 120 valence electrons. The summed E-state index contributed by atoms with van der Waals surface area (Å²) in [6, 6.07) is 7.13. The van der Waals surface area contributed by atoms with Crippen LogP contribution in [0.5, 0.6) is 0 Å². The average molecular weight is 368 g/mol. The number of benzene rings is 1. The molecule has 1 saturated heterocycles. The Labute approximate surface area is 139 Å². The highest BCUT2D eigenvalue weighted by atomic mass is 79.9. The van der Waals surface area contributed by atoms with Gasteiger partial charge in [-0.2, -0.15) is 0 Å². The van der Waals surface area contributed by atoms with Gasteiger partial charge in [-0.05, 0) is 56.1 Å². The highest BCUT2D eigenvalue weighted by Gasteiger charge is 2.14. The number of nitrogens with one attached hydrogen (secondary N) is 3. The van der Waals surface area contributed by atoms with Crippen LogP contribution in [0.2, 0.25) is 0 Å². The van der Waals surface area contributed by atoms with Crippen LogP contribution in [0.4, 0.5) is 0 Å². The van der Waals surface area contributed by atoms with Gasteiger partial charge in [0, 0.05) is 29.5 Å². The number of halogens is 1. The van der Waals surface area contributed by atoms with Crippen molar-refractivity contribution < 1.29 is 9.59 Å². The molecule has 1 aromatic rings. The summed E-state index contributed by atoms with van der Waals surface area (Å²) >= 11 is 3.33. The van der Waals surface area contributed by atoms with Crippen molar-refractivity contribution in [1.29, 1.82) is 0 Å². The van der Waals surface area contributed by atoms with Crippen molar-refractivity contribution in [3.8, 4) is 0 Å². The molecule has 1 heterocycles. The maximum absolute atomic E-state index is 11.9. The monoisotopic (exact) mass is 367 g/mol. The summed E-state index contributed by atoms with van der Waals surface area (Å²) in [5.41, 5.74) is 0.595. The predicted molar refractivity (Wildman–Crippen MR) is 89.7 cm³/mol. The third-order valence-corrected chi connectivity index (χ3v) is 4.31. The van der Waals surface area contributed by atoms with Crippen molar-refractivity contribution in [3.05, 3.63) is 34.3 Å². The first-order valence-electron chi connectivity index (χ1n) is 7.66. The molecule has 2 amide bonds. The van der Waals surface area contributed by atoms with Crippen molar-refractivity contribution in [2.45, 2.75) is 19.3 Å². The molecule has 0 bridgehead atoms. The minimum atomic E-state index is -0.155. The van der Waals surface area contributed by atoms with Gasteiger partial charge in [0.05, 0.1) is 0 Å². The Bertz CT molecular complexity index is 499. The third-order valence-electron chi connectivity index (χ3n) is 3.78. The maximum Gasteiger partial charge on any atom is 0.251 e. The lowest BCUT2D eigenvalue weighted by Gasteiger charge is -2.10. The predicted octanol–water partition coefficient (Wildman–Crippen LogP) is 1.68. The normalized spacial score (nSPS) is 17.2. The molecule has 0 spiro atoms. The Hall–Kier alpha value is -1.40. The molecule has 0 radical (unpaired) electrons. The Balaban J connectivity index is 1.58. The molecular formula is C16H22BrN3O2. The fourth-order valence-corrected chi connectivity index (χ4v) is 2.72. The van der Waals surface area contributed by atoms with E-state index in [2.05, 4.69) is 31.9 Å². The van der Waals surface area contributed by atoms with E-state index in [0.29, 0.717) is 31.0 Å². The van der Waals surface area contributed by atoms with Crippen molar-refractivity contribution in [2.24, 2.45) is 5.92 Å². The molecule has 1 aliphatic rings. The zero-order chi connectivity index (χ0) is 15.8. The van der Waals surface area contributed by atoms with Gasteiger partial charge in [-0.3, -0.25) is 9.59 Å². The van der Waals surface area contributed by atoms with Crippen LogP contribution in [0, 0.1) is 5.92 Å². The lowest BCUT2D eigenvalue weighted by Crippen LogP contribution is -2.31. The van der Waals surface area contributed by atoms with E-state index in [1.54, 1.807) is 12.1 Å². The van der Waals surface area contributed by atoms with Crippen molar-refractivity contribution in [3.63, 3.8) is 0 Å². The fraction of sp³-hybridized carbons (Fsp3) is 0.500. The number of hydrogen-bond donors (Lipinski definition) is 3. The lowest BCUT2D eigenvalue weighted by molar-refractivity contribution is -0.120. The maximum atomic E-state index is 11.9. The smallest absolute Gasteiger partial charge is 0.251 e. The van der Waals surface area contributed by atoms with Crippen LogP contribution >= 0.6 is 15.9 Å². The van der Waals surface area contributed by atoms with Gasteiger partial charge in [-0.1, -0.05) is 15.9 Å². The third kappa shape index (κ3) is 5.77. The molecule has 22 heavy (non-hydrogen) atoms. The summed E-state index contributed by atoms with van der Waals surface area (Å²) < 4.78 is 0.931. The molecule has 0 saturated carbocycles. The standard InChI is InChI=1S/C16H22BrN3O2/c17-14-3-1-13(2-4-14)16(22)20-10-7-15(21)19-9-6-12-5-8-18-11-12/h1-4,12,18H,5-11H2,(H,19,21)(H,20,22). The molecular weight excluding hydrogens is 346 g/mol. The Morgan fingerprint density at radius 3 is 2.64 bits per heavy atom. The SMILES string of the molecule is O=C(CCNC(=O)c1ccc(Br)cc1)NCCC1CCNC1. The second-order valence-corrected chi connectivity index (χ2v) is 6.43. The van der Waals surface area contributed by atoms with E-state index >= 15 is 0 Å². The van der Waals surface area contributed by atoms with Crippen LogP contribution in [0.25, 0.3) is 0 Å². The molecule has 6 heteroatoms. The summed E-state index contributed by atoms with van der Waals surface area (Å²) in [5, 5.41) is 8.98. The summed E-state index contributed by atoms with van der Waals surface area (Å²) in [5.74, 6) is 0.511. The van der Waals surface area contributed by atoms with Gasteiger partial charge in [-0.15, -0.1) is 0 Å². The summed E-state index contributed by atoms with van der Waals surface area (Å²) in [4.78, 5) is 23.6. The van der Waals surface area contributed by atoms with E-state index in [1.807, 2.05) is 12.1 Å². The van der Waals surface area contributed by atoms with E-state index in [4.69, 9.17) is 0 Å². The molecule has 1 fully saturated rings. The number of carbonyl (C=O) groups excluding carboxylic acids is 2. The topological polar surface area (TPSA) is 70.2 Å². The van der Waals surface area contributed by atoms with Crippen LogP contribution in [0.3, 0.4) is 0 Å². The number of carbonyl (C=O) groups is 2. The molecule has 0 aliphatic carbocycles. The molecule has 1 aromatic carbocycles. The highest BCUT2D eigenvalue weighted by molar-refractivity contribution is 9.10. The second-order valence-electron chi connectivity index (χ2n) is 5.51. The highest BCUT2D eigenvalue weighted by Crippen LogP contribution is 2.11. The second kappa shape index (κ2) is 8.90. The first kappa shape index (κ1) is 17.0. The number of hydrogen-bond acceptors (Lipinski definition) is 3. The quantitative estimate of drug-likeness (QED) is 0.686. The van der Waals surface area contributed by atoms with Crippen LogP contribution < -0.4 is 16.0 Å². The molecule has 0 aromatic heterocycles. The van der Waals surface area contributed by atoms with Crippen LogP contribution in [0.15, 0.2) is 28.7 Å². The van der Waals surface area contributed by atoms with Gasteiger partial charge in [-0.25, -0.2) is 0 Å². The van der Waals surface area contributed by atoms with Crippen LogP contribution in [-0.2, 0) is 4.79 Å². The molecule has 2 rings (SSSR count). The zero-order valence-electron chi connectivity index (χ0n) is 12.5. The van der Waals surface area contributed by atoms with E-state index in [9.17, 15) is 9.59 Å². The number of amides is 2. The minimum Gasteiger partial charge on any atom is -0.356 e. The Morgan fingerprint density at radius 1 is 1.18 bits per heavy atom. The lowest BCUT2D eigenvalue weighted by atomic mass is 10.1. The van der Waals surface area contributed by atoms with Gasteiger partial charge in [0.2, 0.25) is 5.91 Å². The summed E-state index contributed by atoms with van der Waals surface area (Å²) in [7, 11) is 0. The summed E-state index contributed by atoms with van der Waals surface area (Å²) in [6.07, 6.45) is 2.52. The van der Waals surface area contributed by atoms with Crippen molar-refractivity contribution in [1.82, 2.24) is 16.0 Å². The van der Waals surface area contributed by atoms with Gasteiger partial charge >= 0.3 is 0 Å². The first-order chi connectivity index (χ1) is 10.6. The average Bonchev–Trinajstić information content (AvgIpc) is 3.01. The van der Waals surface area contributed by atoms with Crippen LogP contribution in [-0.4, -0.2) is 38.0 Å². The van der Waals surface area contributed by atoms with Gasteiger partial charge in [0.25, 0.3) is 5.91 Å². The van der Waals surface area contributed by atoms with E-state index in [0.717, 1.165) is 24.0 Å². The largest absolute Gasteiger partial charge is 0.356 e. The molecule has 3 N–H and O–H groups in total. The fourth-order valence-electron chi connectivity index (χ4n) is 2.46. The first-order valence-corrected chi connectivity index (χ1v) is 8.45. The molecule has 5 nitrogen and oxygen atoms in total. The Morgan fingerprint density at radius 2 is 1.95 bits per heavy atom. The number of rotatable bonds is 7. The minimum absolute atomic E-state index is 0.0120. The van der Waals surface area contributed by atoms with Crippen molar-refractivity contribution >= 4 is 27.7 Å². The van der Waals surface area contributed by atoms with Gasteiger partial charge < -0.3 is 16.0 Å². The molecule has 1 aliphatic heterocycles. The van der Waals surface area contributed by atoms with Crippen LogP contribution in [0.1, 0.15) is 29.6 Å². The zero-order valence-corrected chi connectivity index (χ0v) is 14.1. The van der Waals surface area contributed by atoms with E-state index < -0.39 is 0 Å².